The zero-order valence-corrected chi connectivity index (χ0v) is 22.8. The Kier molecular flexibility index (Phi) is 8.06. The van der Waals surface area contributed by atoms with E-state index in [4.69, 9.17) is 16.3 Å². The number of benzene rings is 3. The fourth-order valence-corrected chi connectivity index (χ4v) is 7.06. The van der Waals surface area contributed by atoms with Gasteiger partial charge in [0.25, 0.3) is 5.91 Å². The molecule has 1 atom stereocenters. The summed E-state index contributed by atoms with van der Waals surface area (Å²) in [5.41, 5.74) is 2.88. The van der Waals surface area contributed by atoms with Crippen LogP contribution in [0.5, 0.6) is 0 Å². The summed E-state index contributed by atoms with van der Waals surface area (Å²) < 4.78 is 32.2. The number of halogens is 1. The van der Waals surface area contributed by atoms with E-state index >= 15 is 0 Å². The highest BCUT2D eigenvalue weighted by Crippen LogP contribution is 2.39. The number of anilines is 1. The number of ether oxygens (including phenoxy) is 1. The fraction of sp³-hybridized carbons (Fsp3) is 0.259. The molecule has 2 aliphatic rings. The first-order chi connectivity index (χ1) is 18.3. The second-order valence-electron chi connectivity index (χ2n) is 8.93. The maximum Gasteiger partial charge on any atom is 0.255 e. The van der Waals surface area contributed by atoms with Crippen molar-refractivity contribution in [3.8, 4) is 0 Å². The van der Waals surface area contributed by atoms with Gasteiger partial charge in [0.15, 0.2) is 0 Å². The minimum Gasteiger partial charge on any atom is -0.379 e. The summed E-state index contributed by atoms with van der Waals surface area (Å²) in [4.78, 5) is 27.4. The van der Waals surface area contributed by atoms with Crippen molar-refractivity contribution < 1.29 is 22.7 Å². The van der Waals surface area contributed by atoms with Crippen molar-refractivity contribution in [3.05, 3.63) is 94.5 Å². The van der Waals surface area contributed by atoms with Crippen LogP contribution in [0.4, 0.5) is 5.69 Å². The van der Waals surface area contributed by atoms with Crippen LogP contribution in [-0.4, -0.2) is 61.5 Å². The van der Waals surface area contributed by atoms with Crippen LogP contribution < -0.4 is 5.32 Å². The summed E-state index contributed by atoms with van der Waals surface area (Å²) >= 11 is 7.53. The zero-order chi connectivity index (χ0) is 26.7. The average Bonchev–Trinajstić information content (AvgIpc) is 3.30. The number of rotatable bonds is 7. The van der Waals surface area contributed by atoms with Gasteiger partial charge in [0.2, 0.25) is 15.9 Å². The van der Waals surface area contributed by atoms with Gasteiger partial charge in [0, 0.05) is 35.9 Å². The Labute approximate surface area is 231 Å². The minimum atomic E-state index is -3.60. The molecule has 2 saturated heterocycles. The van der Waals surface area contributed by atoms with E-state index in [0.717, 1.165) is 11.1 Å². The van der Waals surface area contributed by atoms with Gasteiger partial charge in [-0.1, -0.05) is 35.9 Å². The van der Waals surface area contributed by atoms with Gasteiger partial charge in [-0.25, -0.2) is 8.42 Å². The molecular weight excluding hydrogens is 546 g/mol. The standard InChI is InChI=1S/C27H26ClN3O5S2/c28-22-7-1-19(2-8-22)17-31-25(32)18-37-27(31)21-5-3-20(4-6-21)26(33)29-23-9-11-24(12-10-23)38(34,35)30-13-15-36-16-14-30/h1-12,27H,13-18H2,(H,29,33)/t27-/m1/s1. The van der Waals surface area contributed by atoms with Crippen LogP contribution in [0.1, 0.15) is 26.9 Å². The molecule has 8 nitrogen and oxygen atoms in total. The molecule has 0 aromatic heterocycles. The topological polar surface area (TPSA) is 96.0 Å². The fourth-order valence-electron chi connectivity index (χ4n) is 4.34. The SMILES string of the molecule is O=C(Nc1ccc(S(=O)(=O)N2CCOCC2)cc1)c1ccc([C@H]2SCC(=O)N2Cc2ccc(Cl)cc2)cc1. The van der Waals surface area contributed by atoms with Crippen LogP contribution in [0.15, 0.2) is 77.7 Å². The van der Waals surface area contributed by atoms with Crippen molar-refractivity contribution in [2.75, 3.05) is 37.4 Å². The Hall–Kier alpha value is -2.89. The van der Waals surface area contributed by atoms with Gasteiger partial charge in [0.1, 0.15) is 5.37 Å². The molecule has 0 unspecified atom stereocenters. The van der Waals surface area contributed by atoms with Gasteiger partial charge < -0.3 is 15.0 Å². The molecule has 0 saturated carbocycles. The number of hydrogen-bond acceptors (Lipinski definition) is 6. The molecule has 2 fully saturated rings. The Morgan fingerprint density at radius 2 is 1.63 bits per heavy atom. The van der Waals surface area contributed by atoms with Crippen molar-refractivity contribution in [2.45, 2.75) is 16.8 Å². The molecule has 3 aromatic rings. The van der Waals surface area contributed by atoms with Gasteiger partial charge >= 0.3 is 0 Å². The van der Waals surface area contributed by atoms with Crippen molar-refractivity contribution in [3.63, 3.8) is 0 Å². The predicted octanol–water partition coefficient (Wildman–Crippen LogP) is 4.39. The molecule has 38 heavy (non-hydrogen) atoms. The largest absolute Gasteiger partial charge is 0.379 e. The second kappa shape index (κ2) is 11.5. The van der Waals surface area contributed by atoms with E-state index in [2.05, 4.69) is 5.32 Å². The molecule has 0 radical (unpaired) electrons. The summed E-state index contributed by atoms with van der Waals surface area (Å²) in [5.74, 6) is 0.155. The molecule has 2 amide bonds. The van der Waals surface area contributed by atoms with Crippen molar-refractivity contribution in [2.24, 2.45) is 0 Å². The second-order valence-corrected chi connectivity index (χ2v) is 12.4. The third kappa shape index (κ3) is 5.89. The normalized spacial score (nSPS) is 18.5. The summed E-state index contributed by atoms with van der Waals surface area (Å²) in [6.07, 6.45) is 0. The van der Waals surface area contributed by atoms with Gasteiger partial charge in [-0.15, -0.1) is 11.8 Å². The van der Waals surface area contributed by atoms with Gasteiger partial charge in [-0.05, 0) is 59.7 Å². The van der Waals surface area contributed by atoms with E-state index in [1.807, 2.05) is 41.3 Å². The monoisotopic (exact) mass is 571 g/mol. The van der Waals surface area contributed by atoms with Crippen LogP contribution >= 0.6 is 23.4 Å². The molecule has 11 heteroatoms. The van der Waals surface area contributed by atoms with Crippen LogP contribution in [-0.2, 0) is 26.1 Å². The Bertz CT molecular complexity index is 1410. The predicted molar refractivity (Wildman–Crippen MR) is 148 cm³/mol. The zero-order valence-electron chi connectivity index (χ0n) is 20.4. The lowest BCUT2D eigenvalue weighted by atomic mass is 10.1. The van der Waals surface area contributed by atoms with Crippen molar-refractivity contribution in [1.29, 1.82) is 0 Å². The van der Waals surface area contributed by atoms with E-state index in [1.165, 1.54) is 16.4 Å². The lowest BCUT2D eigenvalue weighted by Crippen LogP contribution is -2.40. The number of hydrogen-bond donors (Lipinski definition) is 1. The third-order valence-electron chi connectivity index (χ3n) is 6.41. The van der Waals surface area contributed by atoms with Gasteiger partial charge in [0.05, 0.1) is 23.9 Å². The lowest BCUT2D eigenvalue weighted by Gasteiger charge is -2.26. The van der Waals surface area contributed by atoms with E-state index < -0.39 is 10.0 Å². The first-order valence-corrected chi connectivity index (χ1v) is 14.9. The number of sulfonamides is 1. The molecule has 3 aromatic carbocycles. The summed E-state index contributed by atoms with van der Waals surface area (Å²) in [7, 11) is -3.60. The van der Waals surface area contributed by atoms with E-state index in [-0.39, 0.29) is 22.1 Å². The van der Waals surface area contributed by atoms with Crippen molar-refractivity contribution >= 4 is 50.9 Å². The Morgan fingerprint density at radius 1 is 0.974 bits per heavy atom. The summed E-state index contributed by atoms with van der Waals surface area (Å²) in [6, 6.07) is 20.8. The molecule has 2 heterocycles. The maximum atomic E-state index is 12.8. The Balaban J connectivity index is 1.23. The highest BCUT2D eigenvalue weighted by atomic mass is 35.5. The number of carbonyl (C=O) groups excluding carboxylic acids is 2. The van der Waals surface area contributed by atoms with E-state index in [0.29, 0.717) is 54.9 Å². The molecule has 1 N–H and O–H groups in total. The molecule has 2 aliphatic heterocycles. The highest BCUT2D eigenvalue weighted by molar-refractivity contribution is 8.00. The smallest absolute Gasteiger partial charge is 0.255 e. The first-order valence-electron chi connectivity index (χ1n) is 12.1. The van der Waals surface area contributed by atoms with E-state index in [9.17, 15) is 18.0 Å². The van der Waals surface area contributed by atoms with Crippen LogP contribution in [0.2, 0.25) is 5.02 Å². The summed E-state index contributed by atoms with van der Waals surface area (Å²) in [5, 5.41) is 3.32. The van der Waals surface area contributed by atoms with Crippen LogP contribution in [0.25, 0.3) is 0 Å². The quantitative estimate of drug-likeness (QED) is 0.452. The third-order valence-corrected chi connectivity index (χ3v) is 9.83. The summed E-state index contributed by atoms with van der Waals surface area (Å²) in [6.45, 7) is 1.88. The number of amides is 2. The highest BCUT2D eigenvalue weighted by Gasteiger charge is 2.33. The Morgan fingerprint density at radius 3 is 2.29 bits per heavy atom. The number of thioether (sulfide) groups is 1. The average molecular weight is 572 g/mol. The van der Waals surface area contributed by atoms with Crippen LogP contribution in [0.3, 0.4) is 0 Å². The van der Waals surface area contributed by atoms with Gasteiger partial charge in [-0.3, -0.25) is 9.59 Å². The molecule has 0 aliphatic carbocycles. The number of nitrogens with one attached hydrogen (secondary N) is 1. The number of nitrogens with zero attached hydrogens (tertiary/aromatic N) is 2. The minimum absolute atomic E-state index is 0.0656. The van der Waals surface area contributed by atoms with E-state index in [1.54, 1.807) is 36.0 Å². The van der Waals surface area contributed by atoms with Crippen molar-refractivity contribution in [1.82, 2.24) is 9.21 Å². The first kappa shape index (κ1) is 26.7. The van der Waals surface area contributed by atoms with Crippen LogP contribution in [0, 0.1) is 0 Å². The molecular formula is C27H26ClN3O5S2. The number of carbonyl (C=O) groups is 2. The molecule has 198 valence electrons. The molecule has 0 spiro atoms. The molecule has 0 bridgehead atoms. The maximum absolute atomic E-state index is 12.8. The number of morpholine rings is 1. The van der Waals surface area contributed by atoms with Gasteiger partial charge in [-0.2, -0.15) is 4.31 Å². The molecule has 5 rings (SSSR count). The lowest BCUT2D eigenvalue weighted by molar-refractivity contribution is -0.128.